The van der Waals surface area contributed by atoms with Crippen LogP contribution in [0.5, 0.6) is 0 Å². The molecule has 5 N–H and O–H groups in total. The molecule has 0 spiro atoms. The minimum absolute atomic E-state index is 0.0967. The van der Waals surface area contributed by atoms with E-state index in [1.807, 2.05) is 0 Å². The van der Waals surface area contributed by atoms with Gasteiger partial charge in [-0.25, -0.2) is 0 Å². The first-order chi connectivity index (χ1) is 9.47. The topological polar surface area (TPSA) is 113 Å². The van der Waals surface area contributed by atoms with Gasteiger partial charge in [0.1, 0.15) is 6.04 Å². The number of carbonyl (C=O) groups excluding carboxylic acids is 3. The number of benzene rings is 1. The third-order valence-electron chi connectivity index (χ3n) is 2.83. The molecule has 2 rings (SSSR count). The number of piperazine rings is 1. The standard InChI is InChI=1S/C12H13ClN4O3/c13-8-3-6(1-2-7(8)11(14)19)17-12(20)9-4-16-10(18)5-15-9/h1-3,9,15H,4-5H2,(H2,14,19)(H,16,18)(H,17,20). The Labute approximate surface area is 119 Å². The van der Waals surface area contributed by atoms with Crippen molar-refractivity contribution in [2.75, 3.05) is 18.4 Å². The Morgan fingerprint density at radius 2 is 2.15 bits per heavy atom. The SMILES string of the molecule is NC(=O)c1ccc(NC(=O)C2CNC(=O)CN2)cc1Cl. The monoisotopic (exact) mass is 296 g/mol. The first-order valence-electron chi connectivity index (χ1n) is 5.87. The van der Waals surface area contributed by atoms with Gasteiger partial charge in [0.15, 0.2) is 0 Å². The first-order valence-corrected chi connectivity index (χ1v) is 6.25. The largest absolute Gasteiger partial charge is 0.366 e. The smallest absolute Gasteiger partial charge is 0.250 e. The molecule has 8 heteroatoms. The fourth-order valence-corrected chi connectivity index (χ4v) is 2.05. The lowest BCUT2D eigenvalue weighted by atomic mass is 10.1. The molecular formula is C12H13ClN4O3. The number of hydrogen-bond donors (Lipinski definition) is 4. The highest BCUT2D eigenvalue weighted by Crippen LogP contribution is 2.20. The van der Waals surface area contributed by atoms with Gasteiger partial charge < -0.3 is 16.4 Å². The van der Waals surface area contributed by atoms with E-state index in [9.17, 15) is 14.4 Å². The normalized spacial score (nSPS) is 18.2. The van der Waals surface area contributed by atoms with E-state index in [1.165, 1.54) is 18.2 Å². The van der Waals surface area contributed by atoms with Crippen molar-refractivity contribution in [3.8, 4) is 0 Å². The molecule has 1 atom stereocenters. The highest BCUT2D eigenvalue weighted by molar-refractivity contribution is 6.34. The Bertz CT molecular complexity index is 566. The molecule has 1 heterocycles. The van der Waals surface area contributed by atoms with Gasteiger partial charge in [-0.3, -0.25) is 19.7 Å². The molecule has 3 amide bonds. The molecule has 20 heavy (non-hydrogen) atoms. The molecular weight excluding hydrogens is 284 g/mol. The van der Waals surface area contributed by atoms with Gasteiger partial charge in [0.25, 0.3) is 0 Å². The van der Waals surface area contributed by atoms with E-state index in [1.54, 1.807) is 0 Å². The summed E-state index contributed by atoms with van der Waals surface area (Å²) in [6, 6.07) is 3.91. The molecule has 1 aromatic rings. The second-order valence-electron chi connectivity index (χ2n) is 4.29. The zero-order chi connectivity index (χ0) is 14.7. The van der Waals surface area contributed by atoms with Gasteiger partial charge in [0, 0.05) is 12.2 Å². The van der Waals surface area contributed by atoms with Gasteiger partial charge in [-0.1, -0.05) is 11.6 Å². The molecule has 7 nitrogen and oxygen atoms in total. The van der Waals surface area contributed by atoms with Gasteiger partial charge in [-0.15, -0.1) is 0 Å². The maximum absolute atomic E-state index is 11.9. The van der Waals surface area contributed by atoms with Crippen LogP contribution in [0.4, 0.5) is 5.69 Å². The summed E-state index contributed by atoms with van der Waals surface area (Å²) in [5, 5.41) is 8.20. The number of anilines is 1. The average molecular weight is 297 g/mol. The van der Waals surface area contributed by atoms with Crippen molar-refractivity contribution in [2.45, 2.75) is 6.04 Å². The minimum atomic E-state index is -0.635. The van der Waals surface area contributed by atoms with Crippen LogP contribution in [0.25, 0.3) is 0 Å². The third-order valence-corrected chi connectivity index (χ3v) is 3.14. The second-order valence-corrected chi connectivity index (χ2v) is 4.69. The number of carbonyl (C=O) groups is 3. The highest BCUT2D eigenvalue weighted by Gasteiger charge is 2.23. The van der Waals surface area contributed by atoms with Crippen LogP contribution in [0, 0.1) is 0 Å². The van der Waals surface area contributed by atoms with Crippen LogP contribution in [0.15, 0.2) is 18.2 Å². The molecule has 1 aliphatic heterocycles. The zero-order valence-electron chi connectivity index (χ0n) is 10.4. The van der Waals surface area contributed by atoms with Crippen molar-refractivity contribution >= 4 is 35.0 Å². The fourth-order valence-electron chi connectivity index (χ4n) is 1.77. The Kier molecular flexibility index (Phi) is 4.21. The first kappa shape index (κ1) is 14.3. The van der Waals surface area contributed by atoms with E-state index in [0.717, 1.165) is 0 Å². The predicted octanol–water partition coefficient (Wildman–Crippen LogP) is -0.535. The molecule has 1 aromatic carbocycles. The van der Waals surface area contributed by atoms with Gasteiger partial charge in [0.05, 0.1) is 17.1 Å². The summed E-state index contributed by atoms with van der Waals surface area (Å²) in [4.78, 5) is 33.9. The van der Waals surface area contributed by atoms with Crippen molar-refractivity contribution in [2.24, 2.45) is 5.73 Å². The van der Waals surface area contributed by atoms with Gasteiger partial charge in [0.2, 0.25) is 17.7 Å². The number of rotatable bonds is 3. The predicted molar refractivity (Wildman–Crippen MR) is 73.4 cm³/mol. The van der Waals surface area contributed by atoms with Crippen LogP contribution >= 0.6 is 11.6 Å². The molecule has 1 saturated heterocycles. The number of amides is 3. The Hall–Kier alpha value is -2.12. The number of halogens is 1. The van der Waals surface area contributed by atoms with Crippen LogP contribution in [-0.2, 0) is 9.59 Å². The number of nitrogens with two attached hydrogens (primary N) is 1. The summed E-state index contributed by atoms with van der Waals surface area (Å²) < 4.78 is 0. The van der Waals surface area contributed by atoms with E-state index in [0.29, 0.717) is 5.69 Å². The summed E-state index contributed by atoms with van der Waals surface area (Å²) in [7, 11) is 0. The quantitative estimate of drug-likeness (QED) is 0.600. The van der Waals surface area contributed by atoms with Crippen molar-refractivity contribution < 1.29 is 14.4 Å². The third kappa shape index (κ3) is 3.25. The fraction of sp³-hybridized carbons (Fsp3) is 0.250. The van der Waals surface area contributed by atoms with Gasteiger partial charge in [-0.2, -0.15) is 0 Å². The second kappa shape index (κ2) is 5.89. The summed E-state index contributed by atoms with van der Waals surface area (Å²) in [6.45, 7) is 0.317. The summed E-state index contributed by atoms with van der Waals surface area (Å²) in [6.07, 6.45) is 0. The lowest BCUT2D eigenvalue weighted by molar-refractivity contribution is -0.124. The highest BCUT2D eigenvalue weighted by atomic mass is 35.5. The summed E-state index contributed by atoms with van der Waals surface area (Å²) in [5.74, 6) is -1.08. The van der Waals surface area contributed by atoms with Crippen molar-refractivity contribution in [3.05, 3.63) is 28.8 Å². The average Bonchev–Trinajstić information content (AvgIpc) is 2.39. The summed E-state index contributed by atoms with van der Waals surface area (Å²) >= 11 is 5.89. The molecule has 0 aromatic heterocycles. The molecule has 1 aliphatic rings. The van der Waals surface area contributed by atoms with E-state index in [2.05, 4.69) is 16.0 Å². The summed E-state index contributed by atoms with van der Waals surface area (Å²) in [5.41, 5.74) is 5.77. The number of primary amides is 1. The minimum Gasteiger partial charge on any atom is -0.366 e. The van der Waals surface area contributed by atoms with Crippen LogP contribution in [0.2, 0.25) is 5.02 Å². The van der Waals surface area contributed by atoms with Crippen LogP contribution < -0.4 is 21.7 Å². The van der Waals surface area contributed by atoms with Crippen LogP contribution in [0.3, 0.4) is 0 Å². The maximum atomic E-state index is 11.9. The van der Waals surface area contributed by atoms with Crippen molar-refractivity contribution in [1.82, 2.24) is 10.6 Å². The van der Waals surface area contributed by atoms with Crippen molar-refractivity contribution in [1.29, 1.82) is 0 Å². The van der Waals surface area contributed by atoms with E-state index < -0.39 is 11.9 Å². The molecule has 106 valence electrons. The maximum Gasteiger partial charge on any atom is 0.250 e. The van der Waals surface area contributed by atoms with E-state index in [4.69, 9.17) is 17.3 Å². The van der Waals surface area contributed by atoms with Gasteiger partial charge >= 0.3 is 0 Å². The lowest BCUT2D eigenvalue weighted by Gasteiger charge is -2.23. The van der Waals surface area contributed by atoms with E-state index >= 15 is 0 Å². The Balaban J connectivity index is 2.03. The van der Waals surface area contributed by atoms with Crippen LogP contribution in [0.1, 0.15) is 10.4 Å². The van der Waals surface area contributed by atoms with Crippen molar-refractivity contribution in [3.63, 3.8) is 0 Å². The Morgan fingerprint density at radius 3 is 2.70 bits per heavy atom. The van der Waals surface area contributed by atoms with Gasteiger partial charge in [-0.05, 0) is 18.2 Å². The molecule has 0 saturated carbocycles. The zero-order valence-corrected chi connectivity index (χ0v) is 11.2. The number of nitrogens with one attached hydrogen (secondary N) is 3. The molecule has 1 fully saturated rings. The van der Waals surface area contributed by atoms with E-state index in [-0.39, 0.29) is 35.5 Å². The molecule has 1 unspecified atom stereocenters. The molecule has 0 aliphatic carbocycles. The molecule has 0 bridgehead atoms. The number of hydrogen-bond acceptors (Lipinski definition) is 4. The Morgan fingerprint density at radius 1 is 1.40 bits per heavy atom. The lowest BCUT2D eigenvalue weighted by Crippen LogP contribution is -2.56. The van der Waals surface area contributed by atoms with Crippen LogP contribution in [-0.4, -0.2) is 36.9 Å². The molecule has 0 radical (unpaired) electrons.